The molecule has 2 aromatic rings. The highest BCUT2D eigenvalue weighted by Gasteiger charge is 2.20. The molecule has 0 aromatic carbocycles. The summed E-state index contributed by atoms with van der Waals surface area (Å²) in [5, 5.41) is 9.08. The molecule has 0 aliphatic rings. The molecule has 0 bridgehead atoms. The van der Waals surface area contributed by atoms with Crippen LogP contribution in [0, 0.1) is 0 Å². The minimum atomic E-state index is -0.891. The first-order valence-corrected chi connectivity index (χ1v) is 5.11. The van der Waals surface area contributed by atoms with Crippen LogP contribution in [-0.2, 0) is 0 Å². The van der Waals surface area contributed by atoms with Gasteiger partial charge in [0, 0.05) is 4.88 Å². The zero-order valence-corrected chi connectivity index (χ0v) is 8.71. The molecule has 0 saturated heterocycles. The molecule has 5 heteroatoms. The fourth-order valence-corrected chi connectivity index (χ4v) is 2.50. The predicted molar refractivity (Wildman–Crippen MR) is 54.1 cm³/mol. The molecule has 0 amide bonds. The summed E-state index contributed by atoms with van der Waals surface area (Å²) >= 11 is 1.49. The molecule has 2 rings (SSSR count). The Bertz CT molecular complexity index is 484. The highest BCUT2D eigenvalue weighted by Crippen LogP contribution is 2.29. The van der Waals surface area contributed by atoms with Gasteiger partial charge >= 0.3 is 5.97 Å². The molecule has 0 spiro atoms. The first kappa shape index (κ1) is 9.21. The van der Waals surface area contributed by atoms with Gasteiger partial charge in [0.15, 0.2) is 0 Å². The topological polar surface area (TPSA) is 54.6 Å². The van der Waals surface area contributed by atoms with Crippen molar-refractivity contribution in [3.8, 4) is 0 Å². The number of carboxylic acid groups (broad SMARTS) is 1. The summed E-state index contributed by atoms with van der Waals surface area (Å²) in [6.45, 7) is 3.98. The lowest BCUT2D eigenvalue weighted by Crippen LogP contribution is -2.04. The Morgan fingerprint density at radius 1 is 1.64 bits per heavy atom. The second-order valence-corrected chi connectivity index (χ2v) is 4.44. The van der Waals surface area contributed by atoms with Crippen LogP contribution in [0.15, 0.2) is 12.5 Å². The number of imidazole rings is 1. The number of hydrogen-bond acceptors (Lipinski definition) is 3. The molecule has 0 radical (unpaired) electrons. The molecule has 14 heavy (non-hydrogen) atoms. The lowest BCUT2D eigenvalue weighted by molar-refractivity contribution is 0.0688. The Hall–Kier alpha value is -1.36. The van der Waals surface area contributed by atoms with Crippen molar-refractivity contribution in [3.63, 3.8) is 0 Å². The zero-order valence-electron chi connectivity index (χ0n) is 7.89. The Balaban J connectivity index is 2.76. The number of rotatable bonds is 2. The van der Waals surface area contributed by atoms with E-state index in [0.29, 0.717) is 5.69 Å². The van der Waals surface area contributed by atoms with Crippen molar-refractivity contribution >= 4 is 22.1 Å². The molecule has 74 valence electrons. The minimum Gasteiger partial charge on any atom is -0.477 e. The fourth-order valence-electron chi connectivity index (χ4n) is 1.41. The lowest BCUT2D eigenvalue weighted by atomic mass is 10.1. The maximum Gasteiger partial charge on any atom is 0.354 e. The number of aromatic nitrogens is 2. The van der Waals surface area contributed by atoms with Crippen LogP contribution in [0.2, 0.25) is 0 Å². The maximum absolute atomic E-state index is 11.1. The number of carboxylic acids is 1. The molecule has 0 atom stereocenters. The first-order chi connectivity index (χ1) is 6.61. The second-order valence-electron chi connectivity index (χ2n) is 3.38. The van der Waals surface area contributed by atoms with Crippen LogP contribution >= 0.6 is 11.3 Å². The normalized spacial score (nSPS) is 11.4. The Labute approximate surface area is 84.8 Å². The van der Waals surface area contributed by atoms with Crippen molar-refractivity contribution in [1.82, 2.24) is 9.38 Å². The van der Waals surface area contributed by atoms with Crippen molar-refractivity contribution in [3.05, 3.63) is 23.1 Å². The largest absolute Gasteiger partial charge is 0.477 e. The van der Waals surface area contributed by atoms with Gasteiger partial charge < -0.3 is 5.11 Å². The third kappa shape index (κ3) is 1.21. The van der Waals surface area contributed by atoms with Gasteiger partial charge in [-0.25, -0.2) is 9.78 Å². The summed E-state index contributed by atoms with van der Waals surface area (Å²) in [5.74, 6) is -0.663. The van der Waals surface area contributed by atoms with Gasteiger partial charge in [-0.1, -0.05) is 13.8 Å². The van der Waals surface area contributed by atoms with E-state index in [0.717, 1.165) is 9.71 Å². The van der Waals surface area contributed by atoms with Gasteiger partial charge in [-0.2, -0.15) is 0 Å². The molecule has 4 nitrogen and oxygen atoms in total. The highest BCUT2D eigenvalue weighted by molar-refractivity contribution is 7.17. The molecule has 0 fully saturated rings. The number of thiazole rings is 1. The molecular formula is C9H10N2O2S. The van der Waals surface area contributed by atoms with Crippen LogP contribution in [0.3, 0.4) is 0 Å². The number of hydrogen-bond donors (Lipinski definition) is 1. The summed E-state index contributed by atoms with van der Waals surface area (Å²) in [5.41, 5.74) is 0.345. The predicted octanol–water partition coefficient (Wildman–Crippen LogP) is 2.22. The average Bonchev–Trinajstić information content (AvgIpc) is 2.58. The van der Waals surface area contributed by atoms with E-state index in [4.69, 9.17) is 5.11 Å². The monoisotopic (exact) mass is 210 g/mol. The molecule has 2 aromatic heterocycles. The summed E-state index contributed by atoms with van der Waals surface area (Å²) in [7, 11) is 0. The number of carbonyl (C=O) groups is 1. The van der Waals surface area contributed by atoms with E-state index < -0.39 is 5.97 Å². The van der Waals surface area contributed by atoms with Crippen LogP contribution < -0.4 is 0 Å². The molecule has 0 aliphatic carbocycles. The SMILES string of the molecule is CC(C)c1sc2cncn2c1C(=O)O. The van der Waals surface area contributed by atoms with Gasteiger partial charge in [-0.15, -0.1) is 11.3 Å². The van der Waals surface area contributed by atoms with Crippen molar-refractivity contribution in [2.45, 2.75) is 19.8 Å². The molecular weight excluding hydrogens is 200 g/mol. The van der Waals surface area contributed by atoms with Gasteiger partial charge in [0.1, 0.15) is 16.9 Å². The van der Waals surface area contributed by atoms with E-state index >= 15 is 0 Å². The van der Waals surface area contributed by atoms with E-state index in [1.165, 1.54) is 11.3 Å². The second kappa shape index (κ2) is 3.09. The molecule has 0 aliphatic heterocycles. The van der Waals surface area contributed by atoms with Crippen LogP contribution in [-0.4, -0.2) is 20.5 Å². The van der Waals surface area contributed by atoms with Crippen molar-refractivity contribution in [2.24, 2.45) is 0 Å². The Morgan fingerprint density at radius 2 is 2.36 bits per heavy atom. The highest BCUT2D eigenvalue weighted by atomic mass is 32.1. The van der Waals surface area contributed by atoms with E-state index in [9.17, 15) is 4.79 Å². The standard InChI is InChI=1S/C9H10N2O2S/c1-5(2)8-7(9(12)13)11-4-10-3-6(11)14-8/h3-5H,1-2H3,(H,12,13). The van der Waals surface area contributed by atoms with E-state index in [1.54, 1.807) is 16.9 Å². The smallest absolute Gasteiger partial charge is 0.354 e. The van der Waals surface area contributed by atoms with Crippen LogP contribution in [0.4, 0.5) is 0 Å². The van der Waals surface area contributed by atoms with E-state index in [-0.39, 0.29) is 5.92 Å². The molecule has 1 N–H and O–H groups in total. The summed E-state index contributed by atoms with van der Waals surface area (Å²) in [4.78, 5) is 16.8. The molecule has 0 saturated carbocycles. The van der Waals surface area contributed by atoms with Gasteiger partial charge in [-0.3, -0.25) is 4.40 Å². The third-order valence-electron chi connectivity index (χ3n) is 2.02. The number of aromatic carboxylic acids is 1. The maximum atomic E-state index is 11.1. The van der Waals surface area contributed by atoms with Crippen LogP contribution in [0.5, 0.6) is 0 Å². The van der Waals surface area contributed by atoms with Crippen molar-refractivity contribution in [2.75, 3.05) is 0 Å². The minimum absolute atomic E-state index is 0.228. The van der Waals surface area contributed by atoms with Gasteiger partial charge in [0.05, 0.1) is 6.20 Å². The average molecular weight is 210 g/mol. The van der Waals surface area contributed by atoms with Crippen molar-refractivity contribution in [1.29, 1.82) is 0 Å². The molecule has 0 unspecified atom stereocenters. The lowest BCUT2D eigenvalue weighted by Gasteiger charge is -2.01. The van der Waals surface area contributed by atoms with E-state index in [1.807, 2.05) is 13.8 Å². The van der Waals surface area contributed by atoms with Gasteiger partial charge in [0.2, 0.25) is 0 Å². The van der Waals surface area contributed by atoms with Crippen LogP contribution in [0.1, 0.15) is 35.1 Å². The third-order valence-corrected chi connectivity index (χ3v) is 3.42. The van der Waals surface area contributed by atoms with Crippen LogP contribution in [0.25, 0.3) is 4.83 Å². The fraction of sp³-hybridized carbons (Fsp3) is 0.333. The Kier molecular flexibility index (Phi) is 2.03. The summed E-state index contributed by atoms with van der Waals surface area (Å²) in [6, 6.07) is 0. The summed E-state index contributed by atoms with van der Waals surface area (Å²) in [6.07, 6.45) is 3.23. The number of nitrogens with zero attached hydrogens (tertiary/aromatic N) is 2. The zero-order chi connectivity index (χ0) is 10.3. The summed E-state index contributed by atoms with van der Waals surface area (Å²) < 4.78 is 1.63. The first-order valence-electron chi connectivity index (χ1n) is 4.29. The quantitative estimate of drug-likeness (QED) is 0.826. The Morgan fingerprint density at radius 3 is 2.93 bits per heavy atom. The molecule has 2 heterocycles. The van der Waals surface area contributed by atoms with Crippen molar-refractivity contribution < 1.29 is 9.90 Å². The van der Waals surface area contributed by atoms with Gasteiger partial charge in [0.25, 0.3) is 0 Å². The number of fused-ring (bicyclic) bond motifs is 1. The van der Waals surface area contributed by atoms with Gasteiger partial charge in [-0.05, 0) is 5.92 Å². The van der Waals surface area contributed by atoms with E-state index in [2.05, 4.69) is 4.98 Å².